The molecule has 0 radical (unpaired) electrons. The number of amidine groups is 1. The van der Waals surface area contributed by atoms with Gasteiger partial charge in [-0.1, -0.05) is 11.6 Å². The van der Waals surface area contributed by atoms with Crippen molar-refractivity contribution in [1.82, 2.24) is 9.97 Å². The fourth-order valence-electron chi connectivity index (χ4n) is 4.59. The van der Waals surface area contributed by atoms with Crippen molar-refractivity contribution in [3.8, 4) is 0 Å². The smallest absolute Gasteiger partial charge is 0.156 e. The molecule has 10 heteroatoms. The predicted molar refractivity (Wildman–Crippen MR) is 128 cm³/mol. The number of hydrogen-bond donors (Lipinski definition) is 4. The number of nitrogens with one attached hydrogen (secondary N) is 1. The molecule has 1 aliphatic heterocycles. The Morgan fingerprint density at radius 1 is 1.19 bits per heavy atom. The van der Waals surface area contributed by atoms with Gasteiger partial charge in [0.1, 0.15) is 27.5 Å². The Morgan fingerprint density at radius 3 is 2.66 bits per heavy atom. The Morgan fingerprint density at radius 2 is 1.97 bits per heavy atom. The topological polar surface area (TPSA) is 117 Å². The first-order valence-corrected chi connectivity index (χ1v) is 12.3. The molecular formula is C22H23ClFN5O2S. The second kappa shape index (κ2) is 7.28. The number of nitrogens with two attached hydrogens (primary N) is 1. The van der Waals surface area contributed by atoms with Gasteiger partial charge in [-0.05, 0) is 56.5 Å². The molecule has 168 valence electrons. The summed E-state index contributed by atoms with van der Waals surface area (Å²) in [6.45, 7) is 1.68. The number of fused-ring (bicyclic) bond motifs is 1. The third-order valence-corrected chi connectivity index (χ3v) is 9.52. The summed E-state index contributed by atoms with van der Waals surface area (Å²) in [5.41, 5.74) is 6.44. The summed E-state index contributed by atoms with van der Waals surface area (Å²) in [6, 6.07) is 8.10. The van der Waals surface area contributed by atoms with Crippen molar-refractivity contribution in [2.24, 2.45) is 10.7 Å². The number of pyridine rings is 2. The van der Waals surface area contributed by atoms with Crippen LogP contribution in [0.5, 0.6) is 0 Å². The van der Waals surface area contributed by atoms with Gasteiger partial charge in [0.25, 0.3) is 0 Å². The summed E-state index contributed by atoms with van der Waals surface area (Å²) in [4.78, 5) is 13.3. The van der Waals surface area contributed by atoms with E-state index in [2.05, 4.69) is 20.3 Å². The molecule has 1 atom stereocenters. The molecule has 7 nitrogen and oxygen atoms in total. The monoisotopic (exact) mass is 475 g/mol. The Labute approximate surface area is 191 Å². The minimum absolute atomic E-state index is 0.0757. The van der Waals surface area contributed by atoms with E-state index < -0.39 is 26.7 Å². The molecule has 0 amide bonds. The maximum absolute atomic E-state index is 15.0. The van der Waals surface area contributed by atoms with Gasteiger partial charge >= 0.3 is 0 Å². The van der Waals surface area contributed by atoms with Crippen LogP contribution in [0.25, 0.3) is 10.9 Å². The first kappa shape index (κ1) is 21.4. The Hall–Kier alpha value is -2.46. The molecule has 2 aliphatic rings. The lowest BCUT2D eigenvalue weighted by atomic mass is 9.82. The van der Waals surface area contributed by atoms with Crippen LogP contribution in [0.2, 0.25) is 5.02 Å². The average Bonchev–Trinajstić information content (AvgIpc) is 2.66. The van der Waals surface area contributed by atoms with Crippen LogP contribution in [0.4, 0.5) is 15.9 Å². The van der Waals surface area contributed by atoms with Crippen LogP contribution in [0, 0.1) is 5.82 Å². The quantitative estimate of drug-likeness (QED) is 0.401. The van der Waals surface area contributed by atoms with Gasteiger partial charge in [0, 0.05) is 29.0 Å². The number of nitrogens with zero attached hydrogens (tertiary/aromatic N) is 3. The predicted octanol–water partition coefficient (Wildman–Crippen LogP) is 5.43. The first-order chi connectivity index (χ1) is 15.1. The van der Waals surface area contributed by atoms with Gasteiger partial charge < -0.3 is 11.1 Å². The lowest BCUT2D eigenvalue weighted by molar-refractivity contribution is 0.341. The first-order valence-electron chi connectivity index (χ1n) is 10.2. The molecule has 0 bridgehead atoms. The van der Waals surface area contributed by atoms with E-state index in [1.165, 1.54) is 12.3 Å². The molecule has 3 heterocycles. The lowest BCUT2D eigenvalue weighted by Gasteiger charge is -2.60. The van der Waals surface area contributed by atoms with Gasteiger partial charge in [-0.25, -0.2) is 9.37 Å². The number of halogens is 2. The molecule has 1 aliphatic carbocycles. The van der Waals surface area contributed by atoms with Crippen molar-refractivity contribution < 1.29 is 13.5 Å². The van der Waals surface area contributed by atoms with Crippen molar-refractivity contribution in [2.45, 2.75) is 36.5 Å². The van der Waals surface area contributed by atoms with E-state index in [1.54, 1.807) is 37.4 Å². The molecule has 5 N–H and O–H groups in total. The maximum atomic E-state index is 15.0. The molecule has 0 saturated heterocycles. The van der Waals surface area contributed by atoms with Crippen molar-refractivity contribution in [1.29, 1.82) is 0 Å². The van der Waals surface area contributed by atoms with Gasteiger partial charge in [-0.2, -0.15) is 10.6 Å². The second-order valence-electron chi connectivity index (χ2n) is 8.63. The minimum Gasteiger partial charge on any atom is -0.386 e. The van der Waals surface area contributed by atoms with E-state index >= 15 is 0 Å². The summed E-state index contributed by atoms with van der Waals surface area (Å²) < 4.78 is 36.0. The van der Waals surface area contributed by atoms with Gasteiger partial charge in [0.05, 0.1) is 10.8 Å². The summed E-state index contributed by atoms with van der Waals surface area (Å²) in [7, 11) is -3.09. The molecule has 2 aromatic heterocycles. The summed E-state index contributed by atoms with van der Waals surface area (Å²) in [6.07, 6.45) is 5.22. The van der Waals surface area contributed by atoms with E-state index in [0.717, 1.165) is 11.8 Å². The zero-order chi connectivity index (χ0) is 22.7. The molecule has 1 fully saturated rings. The van der Waals surface area contributed by atoms with E-state index in [4.69, 9.17) is 17.3 Å². The van der Waals surface area contributed by atoms with Crippen LogP contribution in [-0.2, 0) is 5.54 Å². The van der Waals surface area contributed by atoms with Crippen LogP contribution >= 0.6 is 22.2 Å². The van der Waals surface area contributed by atoms with Crippen LogP contribution in [0.1, 0.15) is 31.7 Å². The number of hydrogen-bond acceptors (Lipinski definition) is 7. The molecule has 0 unspecified atom stereocenters. The SMILES string of the molecule is C[C@@]1(c2cc(Nc3nccc4cc(Cl)cnc34)ccc2F)CS(O)(O)C2(CCC2)C(N)=N1. The molecule has 1 saturated carbocycles. The number of aromatic nitrogens is 2. The number of benzene rings is 1. The maximum Gasteiger partial charge on any atom is 0.156 e. The van der Waals surface area contributed by atoms with E-state index in [1.807, 2.05) is 0 Å². The van der Waals surface area contributed by atoms with Gasteiger partial charge in [0.15, 0.2) is 5.82 Å². The Balaban J connectivity index is 1.54. The zero-order valence-electron chi connectivity index (χ0n) is 17.3. The number of aliphatic imine (C=N–C) groups is 1. The van der Waals surface area contributed by atoms with Crippen molar-refractivity contribution in [2.75, 3.05) is 11.1 Å². The van der Waals surface area contributed by atoms with E-state index in [0.29, 0.717) is 34.9 Å². The van der Waals surface area contributed by atoms with Crippen molar-refractivity contribution in [3.05, 3.63) is 59.1 Å². The lowest BCUT2D eigenvalue weighted by Crippen LogP contribution is -2.59. The molecule has 32 heavy (non-hydrogen) atoms. The Kier molecular flexibility index (Phi) is 4.86. The molecule has 3 aromatic rings. The fourth-order valence-corrected chi connectivity index (χ4v) is 7.36. The standard InChI is InChI=1S/C22H23ClFN5O2S/c1-21(12-32(30,31)22(6-2-7-22)20(25)29-21)16-10-15(3-4-17(16)24)28-19-18-13(5-8-26-19)9-14(23)11-27-18/h3-5,8-11,30-31H,2,6-7,12H2,1H3,(H2,25,29)(H,26,28)/t21-/m0/s1. The molecular weight excluding hydrogens is 453 g/mol. The summed E-state index contributed by atoms with van der Waals surface area (Å²) in [5.74, 6) is 0.122. The highest BCUT2D eigenvalue weighted by molar-refractivity contribution is 8.26. The molecule has 1 aromatic carbocycles. The van der Waals surface area contributed by atoms with Crippen LogP contribution in [0.3, 0.4) is 0 Å². The highest BCUT2D eigenvalue weighted by atomic mass is 35.5. The molecule has 1 spiro atoms. The highest BCUT2D eigenvalue weighted by Gasteiger charge is 2.57. The summed E-state index contributed by atoms with van der Waals surface area (Å²) in [5, 5.41) is 4.51. The molecule has 5 rings (SSSR count). The van der Waals surface area contributed by atoms with Crippen LogP contribution in [-0.4, -0.2) is 35.4 Å². The second-order valence-corrected chi connectivity index (χ2v) is 11.5. The highest BCUT2D eigenvalue weighted by Crippen LogP contribution is 2.66. The fraction of sp³-hybridized carbons (Fsp3) is 0.318. The van der Waals surface area contributed by atoms with Gasteiger partial charge in [0.2, 0.25) is 0 Å². The number of anilines is 2. The average molecular weight is 476 g/mol. The minimum atomic E-state index is -3.09. The third-order valence-electron chi connectivity index (χ3n) is 6.48. The van der Waals surface area contributed by atoms with E-state index in [9.17, 15) is 13.5 Å². The largest absolute Gasteiger partial charge is 0.386 e. The third kappa shape index (κ3) is 3.23. The normalized spacial score (nSPS) is 24.6. The van der Waals surface area contributed by atoms with Crippen molar-refractivity contribution >= 4 is 50.4 Å². The van der Waals surface area contributed by atoms with Crippen molar-refractivity contribution in [3.63, 3.8) is 0 Å². The van der Waals surface area contributed by atoms with E-state index in [-0.39, 0.29) is 17.2 Å². The van der Waals surface area contributed by atoms with Gasteiger partial charge in [-0.3, -0.25) is 19.1 Å². The van der Waals surface area contributed by atoms with Gasteiger partial charge in [-0.15, -0.1) is 0 Å². The number of rotatable bonds is 3. The van der Waals surface area contributed by atoms with Crippen LogP contribution in [0.15, 0.2) is 47.7 Å². The summed E-state index contributed by atoms with van der Waals surface area (Å²) >= 11 is 6.03. The Bertz CT molecular complexity index is 1270. The zero-order valence-corrected chi connectivity index (χ0v) is 18.9. The van der Waals surface area contributed by atoms with Crippen LogP contribution < -0.4 is 11.1 Å².